The number of ether oxygens (including phenoxy) is 1. The van der Waals surface area contributed by atoms with E-state index in [9.17, 15) is 9.59 Å². The average molecular weight is 215 g/mol. The van der Waals surface area contributed by atoms with Crippen molar-refractivity contribution in [2.45, 2.75) is 59.3 Å². The van der Waals surface area contributed by atoms with Crippen molar-refractivity contribution < 1.29 is 14.3 Å². The van der Waals surface area contributed by atoms with Crippen LogP contribution >= 0.6 is 0 Å². The number of amides is 1. The van der Waals surface area contributed by atoms with Crippen molar-refractivity contribution in [2.75, 3.05) is 0 Å². The van der Waals surface area contributed by atoms with Crippen LogP contribution in [-0.4, -0.2) is 29.4 Å². The van der Waals surface area contributed by atoms with Gasteiger partial charge in [0.1, 0.15) is 6.04 Å². The lowest BCUT2D eigenvalue weighted by atomic mass is 10.1. The van der Waals surface area contributed by atoms with Crippen LogP contribution in [0.3, 0.4) is 0 Å². The second-order valence-corrected chi connectivity index (χ2v) is 4.72. The molecule has 88 valence electrons. The molecular weight excluding hydrogens is 194 g/mol. The molecule has 0 heterocycles. The minimum Gasteiger partial charge on any atom is -0.370 e. The highest BCUT2D eigenvalue weighted by molar-refractivity contribution is 5.87. The van der Waals surface area contributed by atoms with Crippen LogP contribution in [0.15, 0.2) is 0 Å². The molecule has 0 spiro atoms. The summed E-state index contributed by atoms with van der Waals surface area (Å²) < 4.78 is 5.63. The molecule has 0 rings (SSSR count). The number of carbonyl (C=O) groups is 2. The van der Waals surface area contributed by atoms with Gasteiger partial charge in [0, 0.05) is 6.92 Å². The fourth-order valence-corrected chi connectivity index (χ4v) is 1.39. The smallest absolute Gasteiger partial charge is 0.217 e. The molecule has 2 atom stereocenters. The highest BCUT2D eigenvalue weighted by Crippen LogP contribution is 2.13. The Morgan fingerprint density at radius 3 is 1.93 bits per heavy atom. The van der Waals surface area contributed by atoms with Gasteiger partial charge in [-0.1, -0.05) is 0 Å². The SMILES string of the molecule is CC(=O)NC(C(C)=O)C(C)OC(C)(C)C. The zero-order valence-electron chi connectivity index (χ0n) is 10.4. The Morgan fingerprint density at radius 1 is 1.20 bits per heavy atom. The summed E-state index contributed by atoms with van der Waals surface area (Å²) in [6.07, 6.45) is -0.327. The summed E-state index contributed by atoms with van der Waals surface area (Å²) in [5.41, 5.74) is -0.328. The molecule has 0 aliphatic heterocycles. The Morgan fingerprint density at radius 2 is 1.67 bits per heavy atom. The van der Waals surface area contributed by atoms with Crippen molar-refractivity contribution in [2.24, 2.45) is 0 Å². The van der Waals surface area contributed by atoms with Gasteiger partial charge < -0.3 is 10.1 Å². The number of hydrogen-bond acceptors (Lipinski definition) is 3. The van der Waals surface area contributed by atoms with Crippen LogP contribution in [0, 0.1) is 0 Å². The number of nitrogens with one attached hydrogen (secondary N) is 1. The maximum Gasteiger partial charge on any atom is 0.217 e. The first-order chi connectivity index (χ1) is 6.63. The van der Waals surface area contributed by atoms with Crippen LogP contribution in [-0.2, 0) is 14.3 Å². The molecule has 1 N–H and O–H groups in total. The van der Waals surface area contributed by atoms with Gasteiger partial charge in [0.05, 0.1) is 11.7 Å². The van der Waals surface area contributed by atoms with Gasteiger partial charge in [0.15, 0.2) is 5.78 Å². The van der Waals surface area contributed by atoms with E-state index in [1.807, 2.05) is 20.8 Å². The number of ketones is 1. The Balaban J connectivity index is 4.49. The maximum absolute atomic E-state index is 11.3. The molecule has 0 aromatic carbocycles. The van der Waals surface area contributed by atoms with Gasteiger partial charge in [-0.15, -0.1) is 0 Å². The lowest BCUT2D eigenvalue weighted by molar-refractivity contribution is -0.133. The summed E-state index contributed by atoms with van der Waals surface area (Å²) in [7, 11) is 0. The number of Topliss-reactive ketones (excluding diaryl/α,β-unsaturated/α-hetero) is 1. The average Bonchev–Trinajstić information content (AvgIpc) is 1.95. The van der Waals surface area contributed by atoms with Crippen LogP contribution in [0.4, 0.5) is 0 Å². The van der Waals surface area contributed by atoms with E-state index in [4.69, 9.17) is 4.74 Å². The Labute approximate surface area is 91.4 Å². The molecule has 0 bridgehead atoms. The first-order valence-corrected chi connectivity index (χ1v) is 5.09. The quantitative estimate of drug-likeness (QED) is 0.768. The van der Waals surface area contributed by atoms with Crippen LogP contribution in [0.1, 0.15) is 41.5 Å². The summed E-state index contributed by atoms with van der Waals surface area (Å²) in [5.74, 6) is -0.318. The van der Waals surface area contributed by atoms with Crippen LogP contribution in [0.25, 0.3) is 0 Å². The topological polar surface area (TPSA) is 55.4 Å². The molecule has 0 radical (unpaired) electrons. The van der Waals surface area contributed by atoms with E-state index in [-0.39, 0.29) is 23.4 Å². The normalized spacial score (nSPS) is 15.6. The molecule has 15 heavy (non-hydrogen) atoms. The fourth-order valence-electron chi connectivity index (χ4n) is 1.39. The van der Waals surface area contributed by atoms with Gasteiger partial charge in [-0.3, -0.25) is 9.59 Å². The largest absolute Gasteiger partial charge is 0.370 e. The zero-order chi connectivity index (χ0) is 12.2. The fraction of sp³-hybridized carbons (Fsp3) is 0.818. The van der Waals surface area contributed by atoms with Gasteiger partial charge in [0.2, 0.25) is 5.91 Å². The van der Waals surface area contributed by atoms with Gasteiger partial charge in [-0.25, -0.2) is 0 Å². The molecule has 1 amide bonds. The van der Waals surface area contributed by atoms with Crippen molar-refractivity contribution in [1.29, 1.82) is 0 Å². The van der Waals surface area contributed by atoms with Gasteiger partial charge >= 0.3 is 0 Å². The van der Waals surface area contributed by atoms with E-state index >= 15 is 0 Å². The number of rotatable bonds is 4. The highest BCUT2D eigenvalue weighted by Gasteiger charge is 2.27. The molecule has 0 aliphatic carbocycles. The first kappa shape index (κ1) is 14.1. The highest BCUT2D eigenvalue weighted by atomic mass is 16.5. The molecule has 0 aromatic rings. The summed E-state index contributed by atoms with van der Waals surface area (Å²) in [4.78, 5) is 22.2. The predicted molar refractivity (Wildman–Crippen MR) is 58.6 cm³/mol. The molecule has 0 aromatic heterocycles. The van der Waals surface area contributed by atoms with Crippen molar-refractivity contribution in [1.82, 2.24) is 5.32 Å². The van der Waals surface area contributed by atoms with Gasteiger partial charge in [0.25, 0.3) is 0 Å². The predicted octanol–water partition coefficient (Wildman–Crippen LogP) is 1.28. The standard InChI is InChI=1S/C11H21NO3/c1-7(13)10(12-9(3)14)8(2)15-11(4,5)6/h8,10H,1-6H3,(H,12,14). The number of hydrogen-bond donors (Lipinski definition) is 1. The summed E-state index contributed by atoms with van der Waals surface area (Å²) >= 11 is 0. The monoisotopic (exact) mass is 215 g/mol. The Kier molecular flexibility index (Phi) is 4.94. The van der Waals surface area contributed by atoms with Crippen molar-refractivity contribution >= 4 is 11.7 Å². The van der Waals surface area contributed by atoms with E-state index in [0.29, 0.717) is 0 Å². The van der Waals surface area contributed by atoms with Crippen molar-refractivity contribution in [3.63, 3.8) is 0 Å². The number of carbonyl (C=O) groups excluding carboxylic acids is 2. The molecule has 0 saturated carbocycles. The van der Waals surface area contributed by atoms with Crippen LogP contribution in [0.2, 0.25) is 0 Å². The van der Waals surface area contributed by atoms with Gasteiger partial charge in [-0.05, 0) is 34.6 Å². The summed E-state index contributed by atoms with van der Waals surface area (Å²) in [5, 5.41) is 2.59. The minimum absolute atomic E-state index is 0.0954. The lowest BCUT2D eigenvalue weighted by Gasteiger charge is -2.29. The third kappa shape index (κ3) is 6.23. The van der Waals surface area contributed by atoms with E-state index in [2.05, 4.69) is 5.32 Å². The molecule has 4 nitrogen and oxygen atoms in total. The van der Waals surface area contributed by atoms with Gasteiger partial charge in [-0.2, -0.15) is 0 Å². The molecule has 0 saturated heterocycles. The van der Waals surface area contributed by atoms with E-state index in [1.165, 1.54) is 13.8 Å². The Hall–Kier alpha value is -0.900. The third-order valence-corrected chi connectivity index (χ3v) is 1.81. The summed E-state index contributed by atoms with van der Waals surface area (Å²) in [6, 6.07) is -0.568. The third-order valence-electron chi connectivity index (χ3n) is 1.81. The molecule has 0 fully saturated rings. The summed E-state index contributed by atoms with van der Waals surface area (Å²) in [6.45, 7) is 10.4. The first-order valence-electron chi connectivity index (χ1n) is 5.09. The second kappa shape index (κ2) is 5.26. The van der Waals surface area contributed by atoms with Crippen molar-refractivity contribution in [3.05, 3.63) is 0 Å². The molecular formula is C11H21NO3. The molecule has 4 heteroatoms. The zero-order valence-corrected chi connectivity index (χ0v) is 10.4. The minimum atomic E-state index is -0.568. The Bertz CT molecular complexity index is 243. The van der Waals surface area contributed by atoms with Crippen molar-refractivity contribution in [3.8, 4) is 0 Å². The van der Waals surface area contributed by atoms with Crippen LogP contribution < -0.4 is 5.32 Å². The van der Waals surface area contributed by atoms with Crippen LogP contribution in [0.5, 0.6) is 0 Å². The molecule has 0 aliphatic rings. The van der Waals surface area contributed by atoms with E-state index < -0.39 is 6.04 Å². The molecule has 2 unspecified atom stereocenters. The van der Waals surface area contributed by atoms with E-state index in [1.54, 1.807) is 6.92 Å². The maximum atomic E-state index is 11.3. The second-order valence-electron chi connectivity index (χ2n) is 4.72. The van der Waals surface area contributed by atoms with E-state index in [0.717, 1.165) is 0 Å². The lowest BCUT2D eigenvalue weighted by Crippen LogP contribution is -2.49.